The standard InChI is InChI=1S/C18H21ClN4O2/c1-25-18(24)14-6-8-23(9-7-14)15-4-2-13(3-5-15)11-20-17-10-16(19)21-12-22-17/h2-5,10,12,14H,6-9,11H2,1H3,(H,20,21,22). The van der Waals surface area contributed by atoms with E-state index in [2.05, 4.69) is 44.5 Å². The van der Waals surface area contributed by atoms with E-state index in [0.717, 1.165) is 31.5 Å². The van der Waals surface area contributed by atoms with Crippen LogP contribution in [0.4, 0.5) is 11.5 Å². The highest BCUT2D eigenvalue weighted by Crippen LogP contribution is 2.24. The molecule has 7 heteroatoms. The van der Waals surface area contributed by atoms with Gasteiger partial charge in [-0.1, -0.05) is 23.7 Å². The Hall–Kier alpha value is -2.34. The molecule has 0 spiro atoms. The Balaban J connectivity index is 1.53. The Bertz CT molecular complexity index is 715. The molecule has 0 atom stereocenters. The van der Waals surface area contributed by atoms with Gasteiger partial charge in [-0.05, 0) is 30.5 Å². The van der Waals surface area contributed by atoms with Crippen molar-refractivity contribution in [2.24, 2.45) is 5.92 Å². The summed E-state index contributed by atoms with van der Waals surface area (Å²) in [4.78, 5) is 21.9. The lowest BCUT2D eigenvalue weighted by Crippen LogP contribution is -2.36. The molecule has 2 aromatic rings. The zero-order valence-electron chi connectivity index (χ0n) is 14.1. The van der Waals surface area contributed by atoms with Crippen molar-refractivity contribution in [3.05, 3.63) is 47.4 Å². The van der Waals surface area contributed by atoms with Gasteiger partial charge in [0.1, 0.15) is 17.3 Å². The number of methoxy groups -OCH3 is 1. The van der Waals surface area contributed by atoms with Crippen LogP contribution in [0.1, 0.15) is 18.4 Å². The SMILES string of the molecule is COC(=O)C1CCN(c2ccc(CNc3cc(Cl)ncn3)cc2)CC1. The number of piperidine rings is 1. The molecule has 3 rings (SSSR count). The van der Waals surface area contributed by atoms with Crippen molar-refractivity contribution in [1.82, 2.24) is 9.97 Å². The number of ether oxygens (including phenoxy) is 1. The first-order valence-corrected chi connectivity index (χ1v) is 8.66. The van der Waals surface area contributed by atoms with Gasteiger partial charge in [-0.3, -0.25) is 4.79 Å². The molecule has 0 unspecified atom stereocenters. The Kier molecular flexibility index (Phi) is 5.71. The van der Waals surface area contributed by atoms with E-state index in [4.69, 9.17) is 16.3 Å². The highest BCUT2D eigenvalue weighted by atomic mass is 35.5. The van der Waals surface area contributed by atoms with Crippen molar-refractivity contribution in [2.45, 2.75) is 19.4 Å². The van der Waals surface area contributed by atoms with Gasteiger partial charge in [-0.15, -0.1) is 0 Å². The number of nitrogens with one attached hydrogen (secondary N) is 1. The third kappa shape index (κ3) is 4.60. The van der Waals surface area contributed by atoms with E-state index in [9.17, 15) is 4.79 Å². The van der Waals surface area contributed by atoms with E-state index in [0.29, 0.717) is 17.5 Å². The van der Waals surface area contributed by atoms with E-state index in [1.807, 2.05) is 0 Å². The Morgan fingerprint density at radius 3 is 2.64 bits per heavy atom. The summed E-state index contributed by atoms with van der Waals surface area (Å²) >= 11 is 5.85. The maximum Gasteiger partial charge on any atom is 0.308 e. The summed E-state index contributed by atoms with van der Waals surface area (Å²) in [7, 11) is 1.46. The summed E-state index contributed by atoms with van der Waals surface area (Å²) in [5.74, 6) is 0.643. The fourth-order valence-corrected chi connectivity index (χ4v) is 3.13. The molecule has 0 aliphatic carbocycles. The first-order valence-electron chi connectivity index (χ1n) is 8.29. The van der Waals surface area contributed by atoms with E-state index >= 15 is 0 Å². The summed E-state index contributed by atoms with van der Waals surface area (Å²) in [6, 6.07) is 10.1. The van der Waals surface area contributed by atoms with E-state index < -0.39 is 0 Å². The van der Waals surface area contributed by atoms with Crippen LogP contribution in [0.2, 0.25) is 5.15 Å². The third-order valence-electron chi connectivity index (χ3n) is 4.44. The number of anilines is 2. The minimum absolute atomic E-state index is 0.0319. The molecule has 1 aromatic heterocycles. The molecule has 1 aliphatic rings. The van der Waals surface area contributed by atoms with Crippen molar-refractivity contribution >= 4 is 29.1 Å². The number of hydrogen-bond donors (Lipinski definition) is 1. The van der Waals surface area contributed by atoms with Crippen LogP contribution in [0.25, 0.3) is 0 Å². The summed E-state index contributed by atoms with van der Waals surface area (Å²) in [5, 5.41) is 3.64. The summed E-state index contributed by atoms with van der Waals surface area (Å²) in [6.07, 6.45) is 3.11. The normalized spacial score (nSPS) is 15.0. The molecule has 132 valence electrons. The molecule has 1 saturated heterocycles. The average Bonchev–Trinajstić information content (AvgIpc) is 2.66. The Morgan fingerprint density at radius 2 is 2.00 bits per heavy atom. The van der Waals surface area contributed by atoms with Crippen LogP contribution in [-0.4, -0.2) is 36.1 Å². The highest BCUT2D eigenvalue weighted by molar-refractivity contribution is 6.29. The second kappa shape index (κ2) is 8.16. The van der Waals surface area contributed by atoms with E-state index in [1.54, 1.807) is 6.07 Å². The fourth-order valence-electron chi connectivity index (χ4n) is 2.99. The van der Waals surface area contributed by atoms with Gasteiger partial charge in [0.05, 0.1) is 13.0 Å². The number of hydrogen-bond acceptors (Lipinski definition) is 6. The lowest BCUT2D eigenvalue weighted by atomic mass is 9.96. The Labute approximate surface area is 152 Å². The predicted octanol–water partition coefficient (Wildman–Crippen LogP) is 3.13. The molecule has 2 heterocycles. The Morgan fingerprint density at radius 1 is 1.28 bits per heavy atom. The minimum atomic E-state index is -0.0918. The van der Waals surface area contributed by atoms with Gasteiger partial charge in [0.25, 0.3) is 0 Å². The molecule has 1 fully saturated rings. The van der Waals surface area contributed by atoms with Gasteiger partial charge >= 0.3 is 5.97 Å². The number of nitrogens with zero attached hydrogens (tertiary/aromatic N) is 3. The van der Waals surface area contributed by atoms with Crippen molar-refractivity contribution < 1.29 is 9.53 Å². The monoisotopic (exact) mass is 360 g/mol. The van der Waals surface area contributed by atoms with Crippen molar-refractivity contribution in [1.29, 1.82) is 0 Å². The molecular formula is C18H21ClN4O2. The van der Waals surface area contributed by atoms with Crippen LogP contribution < -0.4 is 10.2 Å². The predicted molar refractivity (Wildman–Crippen MR) is 97.8 cm³/mol. The number of halogens is 1. The zero-order chi connectivity index (χ0) is 17.6. The number of benzene rings is 1. The average molecular weight is 361 g/mol. The van der Waals surface area contributed by atoms with Gasteiger partial charge in [0.15, 0.2) is 0 Å². The third-order valence-corrected chi connectivity index (χ3v) is 4.65. The van der Waals surface area contributed by atoms with Gasteiger partial charge in [-0.2, -0.15) is 0 Å². The van der Waals surface area contributed by atoms with Crippen molar-refractivity contribution in [3.63, 3.8) is 0 Å². The van der Waals surface area contributed by atoms with E-state index in [1.165, 1.54) is 19.1 Å². The van der Waals surface area contributed by atoms with Crippen molar-refractivity contribution in [3.8, 4) is 0 Å². The molecule has 1 aromatic carbocycles. The molecule has 0 saturated carbocycles. The van der Waals surface area contributed by atoms with Crippen LogP contribution in [0.15, 0.2) is 36.7 Å². The van der Waals surface area contributed by atoms with Crippen LogP contribution in [-0.2, 0) is 16.1 Å². The fraction of sp³-hybridized carbons (Fsp3) is 0.389. The molecule has 0 amide bonds. The molecular weight excluding hydrogens is 340 g/mol. The van der Waals surface area contributed by atoms with Gasteiger partial charge in [-0.25, -0.2) is 9.97 Å². The first-order chi connectivity index (χ1) is 12.2. The first kappa shape index (κ1) is 17.5. The molecule has 1 aliphatic heterocycles. The van der Waals surface area contributed by atoms with Crippen LogP contribution in [0.3, 0.4) is 0 Å². The number of carbonyl (C=O) groups is 1. The minimum Gasteiger partial charge on any atom is -0.469 e. The molecule has 0 bridgehead atoms. The van der Waals surface area contributed by atoms with Crippen LogP contribution in [0.5, 0.6) is 0 Å². The van der Waals surface area contributed by atoms with Gasteiger partial charge in [0.2, 0.25) is 0 Å². The quantitative estimate of drug-likeness (QED) is 0.652. The summed E-state index contributed by atoms with van der Waals surface area (Å²) < 4.78 is 4.84. The lowest BCUT2D eigenvalue weighted by Gasteiger charge is -2.32. The molecule has 25 heavy (non-hydrogen) atoms. The maximum atomic E-state index is 11.6. The molecule has 6 nitrogen and oxygen atoms in total. The molecule has 1 N–H and O–H groups in total. The van der Waals surface area contributed by atoms with E-state index in [-0.39, 0.29) is 11.9 Å². The van der Waals surface area contributed by atoms with Crippen LogP contribution >= 0.6 is 11.6 Å². The topological polar surface area (TPSA) is 67.3 Å². The van der Waals surface area contributed by atoms with Crippen molar-refractivity contribution in [2.75, 3.05) is 30.4 Å². The summed E-state index contributed by atoms with van der Waals surface area (Å²) in [5.41, 5.74) is 2.33. The number of aromatic nitrogens is 2. The zero-order valence-corrected chi connectivity index (χ0v) is 14.9. The highest BCUT2D eigenvalue weighted by Gasteiger charge is 2.25. The number of carbonyl (C=O) groups excluding carboxylic acids is 1. The number of esters is 1. The number of rotatable bonds is 5. The summed E-state index contributed by atoms with van der Waals surface area (Å²) in [6.45, 7) is 2.41. The second-order valence-electron chi connectivity index (χ2n) is 6.03. The van der Waals surface area contributed by atoms with Gasteiger partial charge in [0, 0.05) is 31.4 Å². The second-order valence-corrected chi connectivity index (χ2v) is 6.42. The maximum absolute atomic E-state index is 11.6. The molecule has 0 radical (unpaired) electrons. The van der Waals surface area contributed by atoms with Crippen LogP contribution in [0, 0.1) is 5.92 Å². The smallest absolute Gasteiger partial charge is 0.308 e. The lowest BCUT2D eigenvalue weighted by molar-refractivity contribution is -0.146. The largest absolute Gasteiger partial charge is 0.469 e. The van der Waals surface area contributed by atoms with Gasteiger partial charge < -0.3 is 15.0 Å².